The molecule has 1 atom stereocenters. The fourth-order valence-corrected chi connectivity index (χ4v) is 2.55. The lowest BCUT2D eigenvalue weighted by molar-refractivity contribution is -0.120. The second kappa shape index (κ2) is 6.68. The van der Waals surface area contributed by atoms with Gasteiger partial charge in [-0.25, -0.2) is 0 Å². The van der Waals surface area contributed by atoms with Crippen molar-refractivity contribution in [2.75, 3.05) is 12.4 Å². The maximum atomic E-state index is 12.2. The Balaban J connectivity index is 1.92. The van der Waals surface area contributed by atoms with Crippen molar-refractivity contribution in [3.8, 4) is 0 Å². The Labute approximate surface area is 124 Å². The van der Waals surface area contributed by atoms with Crippen LogP contribution in [0.4, 0.5) is 5.69 Å². The van der Waals surface area contributed by atoms with Gasteiger partial charge >= 0.3 is 0 Å². The van der Waals surface area contributed by atoms with Crippen LogP contribution in [0.3, 0.4) is 0 Å². The van der Waals surface area contributed by atoms with E-state index in [1.54, 1.807) is 11.3 Å². The first kappa shape index (κ1) is 14.8. The van der Waals surface area contributed by atoms with E-state index < -0.39 is 0 Å². The molecule has 0 unspecified atom stereocenters. The van der Waals surface area contributed by atoms with Crippen molar-refractivity contribution in [2.45, 2.75) is 26.4 Å². The van der Waals surface area contributed by atoms with E-state index in [4.69, 9.17) is 0 Å². The van der Waals surface area contributed by atoms with E-state index in [0.29, 0.717) is 0 Å². The van der Waals surface area contributed by atoms with Gasteiger partial charge in [-0.15, -0.1) is 0 Å². The van der Waals surface area contributed by atoms with Crippen LogP contribution in [-0.4, -0.2) is 23.9 Å². The van der Waals surface area contributed by atoms with Crippen molar-refractivity contribution >= 4 is 22.9 Å². The molecule has 0 saturated carbocycles. The van der Waals surface area contributed by atoms with Crippen molar-refractivity contribution in [3.63, 3.8) is 0 Å². The van der Waals surface area contributed by atoms with Crippen LogP contribution in [0.25, 0.3) is 0 Å². The van der Waals surface area contributed by atoms with Crippen molar-refractivity contribution < 1.29 is 4.79 Å². The van der Waals surface area contributed by atoms with Gasteiger partial charge in [-0.2, -0.15) is 11.3 Å². The maximum Gasteiger partial charge on any atom is 0.241 e. The first-order valence-electron chi connectivity index (χ1n) is 6.65. The Kier molecular flexibility index (Phi) is 4.93. The average molecular weight is 288 g/mol. The van der Waals surface area contributed by atoms with Gasteiger partial charge in [0.05, 0.1) is 6.04 Å². The molecule has 0 fully saturated rings. The lowest BCUT2D eigenvalue weighted by Crippen LogP contribution is -2.39. The summed E-state index contributed by atoms with van der Waals surface area (Å²) in [4.78, 5) is 14.3. The first-order chi connectivity index (χ1) is 9.56. The zero-order valence-corrected chi connectivity index (χ0v) is 12.9. The number of likely N-dealkylation sites (N-methyl/N-ethyl adjacent to an activating group) is 1. The molecule has 0 radical (unpaired) electrons. The SMILES string of the molecule is Cc1ccc(NC(=O)[C@H](C)N(C)Cc2ccsc2)cc1. The third-order valence-electron chi connectivity index (χ3n) is 3.37. The summed E-state index contributed by atoms with van der Waals surface area (Å²) >= 11 is 1.68. The molecule has 1 aromatic carbocycles. The van der Waals surface area contributed by atoms with E-state index in [1.165, 1.54) is 11.1 Å². The van der Waals surface area contributed by atoms with E-state index in [0.717, 1.165) is 12.2 Å². The number of hydrogen-bond acceptors (Lipinski definition) is 3. The van der Waals surface area contributed by atoms with Gasteiger partial charge in [0.15, 0.2) is 0 Å². The molecular formula is C16H20N2OS. The molecule has 20 heavy (non-hydrogen) atoms. The molecule has 106 valence electrons. The monoisotopic (exact) mass is 288 g/mol. The van der Waals surface area contributed by atoms with Crippen LogP contribution in [0, 0.1) is 6.92 Å². The summed E-state index contributed by atoms with van der Waals surface area (Å²) in [6.07, 6.45) is 0. The predicted octanol–water partition coefficient (Wildman–Crippen LogP) is 3.52. The van der Waals surface area contributed by atoms with Crippen LogP contribution in [0.15, 0.2) is 41.1 Å². The molecule has 0 aliphatic rings. The fraction of sp³-hybridized carbons (Fsp3) is 0.312. The lowest BCUT2D eigenvalue weighted by atomic mass is 10.2. The molecule has 4 heteroatoms. The topological polar surface area (TPSA) is 32.3 Å². The number of benzene rings is 1. The Morgan fingerprint density at radius 1 is 1.30 bits per heavy atom. The summed E-state index contributed by atoms with van der Waals surface area (Å²) in [6.45, 7) is 4.74. The minimum absolute atomic E-state index is 0.0200. The predicted molar refractivity (Wildman–Crippen MR) is 85.1 cm³/mol. The van der Waals surface area contributed by atoms with E-state index in [9.17, 15) is 4.79 Å². The highest BCUT2D eigenvalue weighted by Crippen LogP contribution is 2.13. The standard InChI is InChI=1S/C16H20N2OS/c1-12-4-6-15(7-5-12)17-16(19)13(2)18(3)10-14-8-9-20-11-14/h4-9,11,13H,10H2,1-3H3,(H,17,19)/t13-/m0/s1. The smallest absolute Gasteiger partial charge is 0.241 e. The number of anilines is 1. The number of nitrogens with zero attached hydrogens (tertiary/aromatic N) is 1. The van der Waals surface area contributed by atoms with Crippen molar-refractivity contribution in [1.29, 1.82) is 0 Å². The first-order valence-corrected chi connectivity index (χ1v) is 7.59. The van der Waals surface area contributed by atoms with Crippen LogP contribution in [0.1, 0.15) is 18.1 Å². The Morgan fingerprint density at radius 2 is 2.00 bits per heavy atom. The van der Waals surface area contributed by atoms with Crippen molar-refractivity contribution in [3.05, 3.63) is 52.2 Å². The highest BCUT2D eigenvalue weighted by atomic mass is 32.1. The maximum absolute atomic E-state index is 12.2. The second-order valence-corrected chi connectivity index (χ2v) is 5.86. The normalized spacial score (nSPS) is 12.4. The van der Waals surface area contributed by atoms with Crippen molar-refractivity contribution in [2.24, 2.45) is 0 Å². The molecule has 0 spiro atoms. The Morgan fingerprint density at radius 3 is 2.60 bits per heavy atom. The quantitative estimate of drug-likeness (QED) is 0.913. The summed E-state index contributed by atoms with van der Waals surface area (Å²) in [7, 11) is 1.97. The average Bonchev–Trinajstić information content (AvgIpc) is 2.93. The van der Waals surface area contributed by atoms with E-state index in [1.807, 2.05) is 50.1 Å². The molecule has 1 amide bonds. The number of hydrogen-bond donors (Lipinski definition) is 1. The molecule has 2 aromatic rings. The minimum Gasteiger partial charge on any atom is -0.325 e. The molecule has 2 rings (SSSR count). The summed E-state index contributed by atoms with van der Waals surface area (Å²) < 4.78 is 0. The van der Waals surface area contributed by atoms with Crippen LogP contribution < -0.4 is 5.32 Å². The third-order valence-corrected chi connectivity index (χ3v) is 4.10. The molecule has 1 N–H and O–H groups in total. The van der Waals surface area contributed by atoms with Crippen LogP contribution in [-0.2, 0) is 11.3 Å². The van der Waals surface area contributed by atoms with Gasteiger partial charge in [-0.3, -0.25) is 9.69 Å². The molecular weight excluding hydrogens is 268 g/mol. The molecule has 3 nitrogen and oxygen atoms in total. The van der Waals surface area contributed by atoms with Gasteiger partial charge in [-0.1, -0.05) is 17.7 Å². The largest absolute Gasteiger partial charge is 0.325 e. The Hall–Kier alpha value is -1.65. The van der Waals surface area contributed by atoms with Gasteiger partial charge in [-0.05, 0) is 55.4 Å². The molecule has 0 bridgehead atoms. The zero-order valence-electron chi connectivity index (χ0n) is 12.1. The fourth-order valence-electron chi connectivity index (χ4n) is 1.89. The van der Waals surface area contributed by atoms with Crippen LogP contribution in [0.5, 0.6) is 0 Å². The summed E-state index contributed by atoms with van der Waals surface area (Å²) in [5, 5.41) is 7.12. The number of carbonyl (C=O) groups excluding carboxylic acids is 1. The molecule has 0 aliphatic heterocycles. The number of rotatable bonds is 5. The van der Waals surface area contributed by atoms with Gasteiger partial charge in [0.2, 0.25) is 5.91 Å². The van der Waals surface area contributed by atoms with Gasteiger partial charge < -0.3 is 5.32 Å². The third kappa shape index (κ3) is 3.92. The number of aryl methyl sites for hydroxylation is 1. The zero-order chi connectivity index (χ0) is 14.5. The Bertz CT molecular complexity index is 548. The van der Waals surface area contributed by atoms with Gasteiger partial charge in [0.25, 0.3) is 0 Å². The van der Waals surface area contributed by atoms with Gasteiger partial charge in [0.1, 0.15) is 0 Å². The molecule has 1 aromatic heterocycles. The second-order valence-electron chi connectivity index (χ2n) is 5.08. The number of carbonyl (C=O) groups is 1. The summed E-state index contributed by atoms with van der Waals surface area (Å²) in [5.74, 6) is 0.0200. The minimum atomic E-state index is -0.170. The molecule has 0 saturated heterocycles. The van der Waals surface area contributed by atoms with Crippen LogP contribution >= 0.6 is 11.3 Å². The van der Waals surface area contributed by atoms with Crippen LogP contribution in [0.2, 0.25) is 0 Å². The number of amides is 1. The lowest BCUT2D eigenvalue weighted by Gasteiger charge is -2.23. The molecule has 0 aliphatic carbocycles. The number of thiophene rings is 1. The molecule has 1 heterocycles. The van der Waals surface area contributed by atoms with E-state index in [2.05, 4.69) is 22.1 Å². The highest BCUT2D eigenvalue weighted by molar-refractivity contribution is 7.07. The summed E-state index contributed by atoms with van der Waals surface area (Å²) in [6, 6.07) is 9.77. The van der Waals surface area contributed by atoms with Gasteiger partial charge in [0, 0.05) is 12.2 Å². The summed E-state index contributed by atoms with van der Waals surface area (Å²) in [5.41, 5.74) is 3.27. The highest BCUT2D eigenvalue weighted by Gasteiger charge is 2.18. The van der Waals surface area contributed by atoms with E-state index >= 15 is 0 Å². The number of nitrogens with one attached hydrogen (secondary N) is 1. The van der Waals surface area contributed by atoms with E-state index in [-0.39, 0.29) is 11.9 Å². The van der Waals surface area contributed by atoms with Crippen molar-refractivity contribution in [1.82, 2.24) is 4.90 Å².